The Labute approximate surface area is 81.0 Å². The second-order valence-corrected chi connectivity index (χ2v) is 3.18. The van der Waals surface area contributed by atoms with Gasteiger partial charge >= 0.3 is 5.97 Å². The third kappa shape index (κ3) is 11.2. The number of hydrogen-bond acceptors (Lipinski definition) is 2. The van der Waals surface area contributed by atoms with E-state index in [-0.39, 0.29) is 5.97 Å². The number of unbranched alkanes of at least 4 members (excludes halogenated alkanes) is 5. The second kappa shape index (κ2) is 9.30. The van der Waals surface area contributed by atoms with Crippen molar-refractivity contribution in [2.75, 3.05) is 0 Å². The second-order valence-electron chi connectivity index (χ2n) is 3.18. The zero-order valence-corrected chi connectivity index (χ0v) is 8.71. The lowest BCUT2D eigenvalue weighted by Gasteiger charge is -1.96. The summed E-state index contributed by atoms with van der Waals surface area (Å²) < 4.78 is 4.65. The first kappa shape index (κ1) is 12.2. The van der Waals surface area contributed by atoms with Gasteiger partial charge in [0.05, 0.1) is 6.26 Å². The van der Waals surface area contributed by atoms with Gasteiger partial charge in [0.25, 0.3) is 0 Å². The van der Waals surface area contributed by atoms with E-state index < -0.39 is 0 Å². The maximum atomic E-state index is 10.3. The zero-order chi connectivity index (χ0) is 9.94. The number of hydrogen-bond donors (Lipinski definition) is 0. The SMILES string of the molecule is CCCCCCC/C=C/OC(C)=O. The van der Waals surface area contributed by atoms with Crippen molar-refractivity contribution in [3.05, 3.63) is 12.3 Å². The highest BCUT2D eigenvalue weighted by atomic mass is 16.5. The molecule has 0 atom stereocenters. The molecule has 0 fully saturated rings. The summed E-state index contributed by atoms with van der Waals surface area (Å²) in [7, 11) is 0. The standard InChI is InChI=1S/C11H20O2/c1-3-4-5-6-7-8-9-10-13-11(2)12/h9-10H,3-8H2,1-2H3/b10-9+. The van der Waals surface area contributed by atoms with Crippen LogP contribution in [-0.2, 0) is 9.53 Å². The lowest BCUT2D eigenvalue weighted by atomic mass is 10.1. The van der Waals surface area contributed by atoms with Crippen molar-refractivity contribution in [3.63, 3.8) is 0 Å². The molecule has 0 rings (SSSR count). The van der Waals surface area contributed by atoms with Gasteiger partial charge in [-0.15, -0.1) is 0 Å². The largest absolute Gasteiger partial charge is 0.435 e. The molecule has 0 aromatic carbocycles. The average molecular weight is 184 g/mol. The predicted octanol–water partition coefficient (Wildman–Crippen LogP) is 3.42. The molecule has 0 amide bonds. The van der Waals surface area contributed by atoms with Gasteiger partial charge < -0.3 is 4.74 Å². The molecular formula is C11H20O2. The van der Waals surface area contributed by atoms with Gasteiger partial charge in [0.2, 0.25) is 0 Å². The number of carbonyl (C=O) groups excluding carboxylic acids is 1. The van der Waals surface area contributed by atoms with Crippen LogP contribution in [0.4, 0.5) is 0 Å². The number of rotatable bonds is 7. The molecule has 0 heterocycles. The van der Waals surface area contributed by atoms with Crippen LogP contribution in [0.1, 0.15) is 52.4 Å². The van der Waals surface area contributed by atoms with Crippen LogP contribution in [0.2, 0.25) is 0 Å². The molecule has 0 N–H and O–H groups in total. The molecule has 2 nitrogen and oxygen atoms in total. The average Bonchev–Trinajstić information content (AvgIpc) is 2.09. The Morgan fingerprint density at radius 1 is 1.23 bits per heavy atom. The van der Waals surface area contributed by atoms with E-state index >= 15 is 0 Å². The Bertz CT molecular complexity index is 150. The van der Waals surface area contributed by atoms with E-state index in [0.717, 1.165) is 6.42 Å². The summed E-state index contributed by atoms with van der Waals surface area (Å²) in [6.45, 7) is 3.62. The molecule has 0 aromatic heterocycles. The Morgan fingerprint density at radius 2 is 1.92 bits per heavy atom. The van der Waals surface area contributed by atoms with Crippen molar-refractivity contribution in [1.29, 1.82) is 0 Å². The first-order chi connectivity index (χ1) is 6.27. The summed E-state index contributed by atoms with van der Waals surface area (Å²) in [5, 5.41) is 0. The van der Waals surface area contributed by atoms with Crippen LogP contribution >= 0.6 is 0 Å². The van der Waals surface area contributed by atoms with Crippen molar-refractivity contribution in [2.45, 2.75) is 52.4 Å². The summed E-state index contributed by atoms with van der Waals surface area (Å²) in [6.07, 6.45) is 10.8. The van der Waals surface area contributed by atoms with Gasteiger partial charge in [0.1, 0.15) is 0 Å². The van der Waals surface area contributed by atoms with Crippen LogP contribution < -0.4 is 0 Å². The van der Waals surface area contributed by atoms with Crippen LogP contribution in [0.25, 0.3) is 0 Å². The molecule has 13 heavy (non-hydrogen) atoms. The zero-order valence-electron chi connectivity index (χ0n) is 8.71. The molecule has 0 saturated carbocycles. The number of carbonyl (C=O) groups is 1. The first-order valence-corrected chi connectivity index (χ1v) is 5.09. The minimum atomic E-state index is -0.248. The highest BCUT2D eigenvalue weighted by molar-refractivity contribution is 5.66. The van der Waals surface area contributed by atoms with Gasteiger partial charge in [0.15, 0.2) is 0 Å². The molecule has 0 unspecified atom stereocenters. The van der Waals surface area contributed by atoms with Crippen molar-refractivity contribution in [1.82, 2.24) is 0 Å². The fourth-order valence-electron chi connectivity index (χ4n) is 1.08. The van der Waals surface area contributed by atoms with Crippen LogP contribution in [0.3, 0.4) is 0 Å². The summed E-state index contributed by atoms with van der Waals surface area (Å²) in [5.41, 5.74) is 0. The van der Waals surface area contributed by atoms with E-state index in [0.29, 0.717) is 0 Å². The Morgan fingerprint density at radius 3 is 2.54 bits per heavy atom. The van der Waals surface area contributed by atoms with Crippen molar-refractivity contribution in [2.24, 2.45) is 0 Å². The molecule has 0 bridgehead atoms. The summed E-state index contributed by atoms with van der Waals surface area (Å²) in [4.78, 5) is 10.3. The number of ether oxygens (including phenoxy) is 1. The Hall–Kier alpha value is -0.790. The molecule has 0 aliphatic rings. The van der Waals surface area contributed by atoms with E-state index in [4.69, 9.17) is 0 Å². The Balaban J connectivity index is 3.06. The summed E-state index contributed by atoms with van der Waals surface area (Å²) in [6, 6.07) is 0. The van der Waals surface area contributed by atoms with E-state index in [9.17, 15) is 4.79 Å². The summed E-state index contributed by atoms with van der Waals surface area (Å²) >= 11 is 0. The minimum absolute atomic E-state index is 0.248. The highest BCUT2D eigenvalue weighted by Crippen LogP contribution is 2.05. The van der Waals surface area contributed by atoms with E-state index in [1.165, 1.54) is 45.3 Å². The molecular weight excluding hydrogens is 164 g/mol. The molecule has 2 heteroatoms. The number of esters is 1. The number of allylic oxidation sites excluding steroid dienone is 1. The molecule has 0 saturated heterocycles. The smallest absolute Gasteiger partial charge is 0.307 e. The maximum absolute atomic E-state index is 10.3. The fraction of sp³-hybridized carbons (Fsp3) is 0.727. The quantitative estimate of drug-likeness (QED) is 0.344. The van der Waals surface area contributed by atoms with Crippen LogP contribution in [0.15, 0.2) is 12.3 Å². The van der Waals surface area contributed by atoms with Gasteiger partial charge in [0, 0.05) is 6.92 Å². The van der Waals surface area contributed by atoms with Crippen molar-refractivity contribution >= 4 is 5.97 Å². The monoisotopic (exact) mass is 184 g/mol. The molecule has 0 aliphatic heterocycles. The van der Waals surface area contributed by atoms with Gasteiger partial charge in [-0.05, 0) is 18.9 Å². The van der Waals surface area contributed by atoms with E-state index in [1.54, 1.807) is 0 Å². The summed E-state index contributed by atoms with van der Waals surface area (Å²) in [5.74, 6) is -0.248. The molecule has 0 radical (unpaired) electrons. The normalized spacial score (nSPS) is 10.6. The first-order valence-electron chi connectivity index (χ1n) is 5.09. The minimum Gasteiger partial charge on any atom is -0.435 e. The van der Waals surface area contributed by atoms with Crippen molar-refractivity contribution in [3.8, 4) is 0 Å². The highest BCUT2D eigenvalue weighted by Gasteiger charge is 1.87. The van der Waals surface area contributed by atoms with E-state index in [2.05, 4.69) is 11.7 Å². The molecule has 0 aromatic rings. The van der Waals surface area contributed by atoms with Gasteiger partial charge in [-0.1, -0.05) is 32.6 Å². The van der Waals surface area contributed by atoms with Gasteiger partial charge in [-0.25, -0.2) is 0 Å². The van der Waals surface area contributed by atoms with Crippen LogP contribution in [0.5, 0.6) is 0 Å². The third-order valence-electron chi connectivity index (χ3n) is 1.80. The predicted molar refractivity (Wildman–Crippen MR) is 54.3 cm³/mol. The van der Waals surface area contributed by atoms with Crippen LogP contribution in [0, 0.1) is 0 Å². The lowest BCUT2D eigenvalue weighted by molar-refractivity contribution is -0.135. The molecule has 0 spiro atoms. The molecule has 0 aliphatic carbocycles. The lowest BCUT2D eigenvalue weighted by Crippen LogP contribution is -1.89. The van der Waals surface area contributed by atoms with Crippen LogP contribution in [-0.4, -0.2) is 5.97 Å². The topological polar surface area (TPSA) is 26.3 Å². The van der Waals surface area contributed by atoms with Crippen molar-refractivity contribution < 1.29 is 9.53 Å². The van der Waals surface area contributed by atoms with Gasteiger partial charge in [-0.2, -0.15) is 0 Å². The third-order valence-corrected chi connectivity index (χ3v) is 1.80. The van der Waals surface area contributed by atoms with Gasteiger partial charge in [-0.3, -0.25) is 4.79 Å². The van der Waals surface area contributed by atoms with E-state index in [1.807, 2.05) is 6.08 Å². The maximum Gasteiger partial charge on any atom is 0.307 e. The Kier molecular flexibility index (Phi) is 8.73. The molecule has 76 valence electrons. The fourth-order valence-corrected chi connectivity index (χ4v) is 1.08.